The molecule has 23 heavy (non-hydrogen) atoms. The topological polar surface area (TPSA) is 77.3 Å². The highest BCUT2D eigenvalue weighted by atomic mass is 32.2. The first-order chi connectivity index (χ1) is 10.8. The summed E-state index contributed by atoms with van der Waals surface area (Å²) in [6.45, 7) is 3.43. The second-order valence-corrected chi connectivity index (χ2v) is 9.34. The van der Waals surface area contributed by atoms with E-state index in [0.29, 0.717) is 6.42 Å². The van der Waals surface area contributed by atoms with Crippen molar-refractivity contribution in [2.24, 2.45) is 11.8 Å². The van der Waals surface area contributed by atoms with E-state index in [4.69, 9.17) is 0 Å². The summed E-state index contributed by atoms with van der Waals surface area (Å²) >= 11 is 0. The highest BCUT2D eigenvalue weighted by molar-refractivity contribution is 7.92. The Kier molecular flexibility index (Phi) is 3.83. The second kappa shape index (κ2) is 5.44. The van der Waals surface area contributed by atoms with Crippen LogP contribution in [0, 0.1) is 22.0 Å². The fourth-order valence-corrected chi connectivity index (χ4v) is 6.67. The largest absolute Gasteiger partial charge is 0.264 e. The van der Waals surface area contributed by atoms with Crippen LogP contribution >= 0.6 is 0 Å². The van der Waals surface area contributed by atoms with Crippen molar-refractivity contribution in [2.75, 3.05) is 5.75 Å². The van der Waals surface area contributed by atoms with E-state index in [0.717, 1.165) is 5.56 Å². The number of fused-ring (bicyclic) bond motifs is 2. The van der Waals surface area contributed by atoms with E-state index in [-0.39, 0.29) is 28.4 Å². The molecule has 2 bridgehead atoms. The van der Waals surface area contributed by atoms with Gasteiger partial charge in [0.2, 0.25) is 6.04 Å². The van der Waals surface area contributed by atoms with Crippen LogP contribution in [0.4, 0.5) is 0 Å². The molecule has 0 aliphatic heterocycles. The van der Waals surface area contributed by atoms with Crippen LogP contribution in [-0.4, -0.2) is 29.9 Å². The third-order valence-corrected chi connectivity index (χ3v) is 8.40. The summed E-state index contributed by atoms with van der Waals surface area (Å²) in [5.41, 5.74) is 0.941. The molecule has 0 N–H and O–H groups in total. The van der Waals surface area contributed by atoms with Gasteiger partial charge < -0.3 is 0 Å². The van der Waals surface area contributed by atoms with Gasteiger partial charge in [-0.1, -0.05) is 49.4 Å². The van der Waals surface area contributed by atoms with Crippen molar-refractivity contribution in [3.05, 3.63) is 58.2 Å². The summed E-state index contributed by atoms with van der Waals surface area (Å²) in [7, 11) is -3.62. The minimum atomic E-state index is -3.62. The molecule has 5 nitrogen and oxygen atoms in total. The molecule has 1 aromatic carbocycles. The fourth-order valence-electron chi connectivity index (χ4n) is 4.20. The number of rotatable bonds is 5. The zero-order chi connectivity index (χ0) is 16.8. The first-order valence-corrected chi connectivity index (χ1v) is 9.51. The van der Waals surface area contributed by atoms with Gasteiger partial charge in [-0.25, -0.2) is 8.42 Å². The highest BCUT2D eigenvalue weighted by Gasteiger charge is 2.66. The molecule has 0 radical (unpaired) electrons. The SMILES string of the molecule is C[C@H](CS(=O)(=O)[C@@]1(C)[C@@H]2C=C[C@@H](C2)[C@@H]1[N+](=O)[O-])c1ccccc1. The van der Waals surface area contributed by atoms with Gasteiger partial charge in [0.25, 0.3) is 0 Å². The molecule has 0 spiro atoms. The van der Waals surface area contributed by atoms with Gasteiger partial charge in [0.1, 0.15) is 4.75 Å². The lowest BCUT2D eigenvalue weighted by Crippen LogP contribution is -2.54. The molecule has 0 unspecified atom stereocenters. The van der Waals surface area contributed by atoms with Crippen molar-refractivity contribution in [3.8, 4) is 0 Å². The van der Waals surface area contributed by atoms with E-state index in [1.807, 2.05) is 49.4 Å². The normalized spacial score (nSPS) is 33.7. The predicted octanol–water partition coefficient (Wildman–Crippen LogP) is 2.81. The maximum Gasteiger partial charge on any atom is 0.239 e. The van der Waals surface area contributed by atoms with E-state index < -0.39 is 20.6 Å². The third-order valence-electron chi connectivity index (χ3n) is 5.58. The molecular weight excluding hydrogens is 314 g/mol. The summed E-state index contributed by atoms with van der Waals surface area (Å²) in [6.07, 6.45) is 4.24. The van der Waals surface area contributed by atoms with Gasteiger partial charge in [0.15, 0.2) is 9.84 Å². The molecule has 0 heterocycles. The van der Waals surface area contributed by atoms with Gasteiger partial charge in [-0.3, -0.25) is 10.1 Å². The number of allylic oxidation sites excluding steroid dienone is 1. The summed E-state index contributed by atoms with van der Waals surface area (Å²) in [4.78, 5) is 11.1. The lowest BCUT2D eigenvalue weighted by molar-refractivity contribution is -0.531. The first-order valence-electron chi connectivity index (χ1n) is 7.86. The van der Waals surface area contributed by atoms with Crippen molar-refractivity contribution in [3.63, 3.8) is 0 Å². The summed E-state index contributed by atoms with van der Waals surface area (Å²) in [5.74, 6) is -0.763. The Morgan fingerprint density at radius 2 is 1.96 bits per heavy atom. The van der Waals surface area contributed by atoms with Gasteiger partial charge in [-0.2, -0.15) is 0 Å². The second-order valence-electron chi connectivity index (χ2n) is 6.90. The molecule has 1 fully saturated rings. The molecule has 0 amide bonds. The molecule has 1 aromatic rings. The minimum absolute atomic E-state index is 0.0606. The van der Waals surface area contributed by atoms with Gasteiger partial charge >= 0.3 is 0 Å². The number of hydrogen-bond donors (Lipinski definition) is 0. The monoisotopic (exact) mass is 335 g/mol. The van der Waals surface area contributed by atoms with Crippen LogP contribution in [0.15, 0.2) is 42.5 Å². The van der Waals surface area contributed by atoms with Crippen molar-refractivity contribution >= 4 is 9.84 Å². The van der Waals surface area contributed by atoms with Gasteiger partial charge in [0.05, 0.1) is 5.75 Å². The Labute approximate surface area is 136 Å². The zero-order valence-electron chi connectivity index (χ0n) is 13.3. The van der Waals surface area contributed by atoms with Crippen LogP contribution < -0.4 is 0 Å². The number of benzene rings is 1. The lowest BCUT2D eigenvalue weighted by atomic mass is 9.90. The highest BCUT2D eigenvalue weighted by Crippen LogP contribution is 2.52. The third kappa shape index (κ3) is 2.40. The Bertz CT molecular complexity index is 743. The maximum atomic E-state index is 13.1. The fraction of sp³-hybridized carbons (Fsp3) is 0.529. The number of nitrogens with zero attached hydrogens (tertiary/aromatic N) is 1. The molecule has 5 atom stereocenters. The van der Waals surface area contributed by atoms with Gasteiger partial charge in [-0.05, 0) is 24.8 Å². The summed E-state index contributed by atoms with van der Waals surface area (Å²) in [6, 6.07) is 8.39. The van der Waals surface area contributed by atoms with E-state index >= 15 is 0 Å². The maximum absolute atomic E-state index is 13.1. The Hall–Kier alpha value is -1.69. The van der Waals surface area contributed by atoms with Crippen molar-refractivity contribution in [1.82, 2.24) is 0 Å². The Morgan fingerprint density at radius 1 is 1.30 bits per heavy atom. The number of hydrogen-bond acceptors (Lipinski definition) is 4. The van der Waals surface area contributed by atoms with Crippen LogP contribution in [0.5, 0.6) is 0 Å². The van der Waals surface area contributed by atoms with E-state index in [9.17, 15) is 18.5 Å². The number of nitro groups is 1. The van der Waals surface area contributed by atoms with Crippen LogP contribution in [0.25, 0.3) is 0 Å². The van der Waals surface area contributed by atoms with Crippen LogP contribution in [0.1, 0.15) is 31.7 Å². The summed E-state index contributed by atoms with van der Waals surface area (Å²) in [5, 5.41) is 11.5. The molecule has 1 saturated carbocycles. The Balaban J connectivity index is 1.92. The lowest BCUT2D eigenvalue weighted by Gasteiger charge is -2.33. The first kappa shape index (κ1) is 16.2. The quantitative estimate of drug-likeness (QED) is 0.471. The van der Waals surface area contributed by atoms with E-state index in [1.165, 1.54) is 0 Å². The van der Waals surface area contributed by atoms with Crippen molar-refractivity contribution < 1.29 is 13.3 Å². The van der Waals surface area contributed by atoms with E-state index in [1.54, 1.807) is 6.92 Å². The molecular formula is C17H21NO4S. The van der Waals surface area contributed by atoms with Crippen molar-refractivity contribution in [2.45, 2.75) is 37.0 Å². The summed E-state index contributed by atoms with van der Waals surface area (Å²) < 4.78 is 24.9. The number of sulfone groups is 1. The molecule has 2 aliphatic carbocycles. The molecule has 0 saturated heterocycles. The molecule has 124 valence electrons. The minimum Gasteiger partial charge on any atom is -0.264 e. The van der Waals surface area contributed by atoms with E-state index in [2.05, 4.69) is 0 Å². The standard InChI is InChI=1S/C17H21NO4S/c1-12(13-6-4-3-5-7-13)11-23(21,22)17(2)15-9-8-14(10-15)16(17)18(19)20/h3-9,12,14-16H,10-11H2,1-2H3/t12-,14+,15-,16+,17+/m1/s1. The molecule has 0 aromatic heterocycles. The Morgan fingerprint density at radius 3 is 2.57 bits per heavy atom. The smallest absolute Gasteiger partial charge is 0.239 e. The predicted molar refractivity (Wildman–Crippen MR) is 88.6 cm³/mol. The van der Waals surface area contributed by atoms with Crippen LogP contribution in [0.3, 0.4) is 0 Å². The molecule has 3 rings (SSSR count). The van der Waals surface area contributed by atoms with Crippen LogP contribution in [-0.2, 0) is 9.84 Å². The van der Waals surface area contributed by atoms with Crippen LogP contribution in [0.2, 0.25) is 0 Å². The molecule has 2 aliphatic rings. The average molecular weight is 335 g/mol. The van der Waals surface area contributed by atoms with Gasteiger partial charge in [0, 0.05) is 16.8 Å². The molecule has 6 heteroatoms. The van der Waals surface area contributed by atoms with Crippen molar-refractivity contribution in [1.29, 1.82) is 0 Å². The average Bonchev–Trinajstić information content (AvgIpc) is 3.07. The van der Waals surface area contributed by atoms with Gasteiger partial charge in [-0.15, -0.1) is 0 Å². The zero-order valence-corrected chi connectivity index (χ0v) is 14.1.